The molecule has 4 heteroatoms. The highest BCUT2D eigenvalue weighted by atomic mass is 16.2. The first kappa shape index (κ1) is 16.4. The van der Waals surface area contributed by atoms with E-state index in [2.05, 4.69) is 44.8 Å². The number of likely N-dealkylation sites (tertiary alicyclic amines) is 1. The van der Waals surface area contributed by atoms with E-state index in [0.29, 0.717) is 18.6 Å². The van der Waals surface area contributed by atoms with Gasteiger partial charge >= 0.3 is 0 Å². The number of carbonyl (C=O) groups excluding carboxylic acids is 1. The van der Waals surface area contributed by atoms with Crippen molar-refractivity contribution in [2.75, 3.05) is 26.7 Å². The van der Waals surface area contributed by atoms with E-state index < -0.39 is 0 Å². The van der Waals surface area contributed by atoms with Crippen LogP contribution in [0.25, 0.3) is 0 Å². The lowest BCUT2D eigenvalue weighted by Gasteiger charge is -2.38. The van der Waals surface area contributed by atoms with Gasteiger partial charge in [0.2, 0.25) is 5.91 Å². The fraction of sp³-hybridized carbons (Fsp3) is 0.933. The number of likely N-dealkylation sites (N-methyl/N-ethyl adjacent to an activating group) is 1. The van der Waals surface area contributed by atoms with E-state index >= 15 is 0 Å². The fourth-order valence-electron chi connectivity index (χ4n) is 2.46. The molecule has 19 heavy (non-hydrogen) atoms. The van der Waals surface area contributed by atoms with Gasteiger partial charge in [-0.1, -0.05) is 0 Å². The summed E-state index contributed by atoms with van der Waals surface area (Å²) in [6, 6.07) is 1.02. The molecule has 1 aliphatic heterocycles. The number of nitrogens with zero attached hydrogens (tertiary/aromatic N) is 2. The maximum Gasteiger partial charge on any atom is 0.236 e. The summed E-state index contributed by atoms with van der Waals surface area (Å²) in [5, 5.41) is 3.27. The zero-order valence-electron chi connectivity index (χ0n) is 13.5. The molecule has 1 saturated heterocycles. The normalized spacial score (nSPS) is 18.9. The summed E-state index contributed by atoms with van der Waals surface area (Å²) in [6.07, 6.45) is 2.19. The molecule has 0 spiro atoms. The predicted molar refractivity (Wildman–Crippen MR) is 80.3 cm³/mol. The van der Waals surface area contributed by atoms with E-state index in [0.717, 1.165) is 25.9 Å². The Bertz CT molecular complexity index is 288. The number of rotatable bonds is 4. The van der Waals surface area contributed by atoms with Crippen LogP contribution in [-0.4, -0.2) is 60.0 Å². The van der Waals surface area contributed by atoms with Gasteiger partial charge < -0.3 is 15.1 Å². The van der Waals surface area contributed by atoms with Gasteiger partial charge in [-0.15, -0.1) is 0 Å². The molecule has 0 aromatic carbocycles. The molecule has 0 unspecified atom stereocenters. The molecule has 1 N–H and O–H groups in total. The molecule has 0 radical (unpaired) electrons. The van der Waals surface area contributed by atoms with Crippen molar-refractivity contribution in [3.05, 3.63) is 0 Å². The van der Waals surface area contributed by atoms with Crippen molar-refractivity contribution >= 4 is 5.91 Å². The summed E-state index contributed by atoms with van der Waals surface area (Å²) >= 11 is 0. The van der Waals surface area contributed by atoms with Crippen LogP contribution in [0.15, 0.2) is 0 Å². The molecule has 0 aromatic rings. The third-order valence-corrected chi connectivity index (χ3v) is 3.94. The van der Waals surface area contributed by atoms with Gasteiger partial charge in [-0.05, 0) is 47.5 Å². The second-order valence-electron chi connectivity index (χ2n) is 6.97. The second kappa shape index (κ2) is 6.71. The minimum absolute atomic E-state index is 0.00247. The Kier molecular flexibility index (Phi) is 5.81. The van der Waals surface area contributed by atoms with E-state index in [1.165, 1.54) is 0 Å². The van der Waals surface area contributed by atoms with Crippen LogP contribution in [0.1, 0.15) is 47.5 Å². The summed E-state index contributed by atoms with van der Waals surface area (Å²) in [4.78, 5) is 16.6. The third kappa shape index (κ3) is 5.49. The molecule has 1 rings (SSSR count). The molecule has 1 heterocycles. The zero-order valence-corrected chi connectivity index (χ0v) is 13.5. The van der Waals surface area contributed by atoms with Crippen LogP contribution in [-0.2, 0) is 4.79 Å². The number of amides is 1. The standard InChI is InChI=1S/C15H31N3O/c1-12(2)18-9-7-13(8-10-18)17(6)14(19)11-16-15(3,4)5/h12-13,16H,7-11H2,1-6H3. The Morgan fingerprint density at radius 2 is 1.84 bits per heavy atom. The molecule has 4 nitrogen and oxygen atoms in total. The minimum atomic E-state index is -0.00247. The number of nitrogens with one attached hydrogen (secondary N) is 1. The van der Waals surface area contributed by atoms with E-state index in [9.17, 15) is 4.79 Å². The van der Waals surface area contributed by atoms with Gasteiger partial charge in [-0.2, -0.15) is 0 Å². The van der Waals surface area contributed by atoms with Gasteiger partial charge in [0.25, 0.3) is 0 Å². The van der Waals surface area contributed by atoms with Crippen molar-refractivity contribution < 1.29 is 4.79 Å². The highest BCUT2D eigenvalue weighted by molar-refractivity contribution is 5.78. The Balaban J connectivity index is 2.38. The smallest absolute Gasteiger partial charge is 0.236 e. The second-order valence-corrected chi connectivity index (χ2v) is 6.97. The molecule has 1 fully saturated rings. The largest absolute Gasteiger partial charge is 0.342 e. The summed E-state index contributed by atoms with van der Waals surface area (Å²) in [5.74, 6) is 0.206. The van der Waals surface area contributed by atoms with Crippen LogP contribution in [0.4, 0.5) is 0 Å². The summed E-state index contributed by atoms with van der Waals surface area (Å²) in [6.45, 7) is 13.4. The molecule has 1 amide bonds. The molecular formula is C15H31N3O. The minimum Gasteiger partial charge on any atom is -0.342 e. The van der Waals surface area contributed by atoms with E-state index in [4.69, 9.17) is 0 Å². The van der Waals surface area contributed by atoms with Crippen molar-refractivity contribution in [2.45, 2.75) is 65.1 Å². The van der Waals surface area contributed by atoms with Crippen LogP contribution in [0.3, 0.4) is 0 Å². The van der Waals surface area contributed by atoms with E-state index in [1.54, 1.807) is 0 Å². The van der Waals surface area contributed by atoms with Crippen molar-refractivity contribution in [3.63, 3.8) is 0 Å². The lowest BCUT2D eigenvalue weighted by molar-refractivity contribution is -0.132. The Hall–Kier alpha value is -0.610. The Morgan fingerprint density at radius 3 is 2.26 bits per heavy atom. The molecule has 0 saturated carbocycles. The number of piperidine rings is 1. The highest BCUT2D eigenvalue weighted by Gasteiger charge is 2.26. The average molecular weight is 269 g/mol. The van der Waals surface area contributed by atoms with Crippen molar-refractivity contribution in [1.82, 2.24) is 15.1 Å². The van der Waals surface area contributed by atoms with Gasteiger partial charge in [0.1, 0.15) is 0 Å². The topological polar surface area (TPSA) is 35.6 Å². The van der Waals surface area contributed by atoms with Gasteiger partial charge in [0.15, 0.2) is 0 Å². The van der Waals surface area contributed by atoms with Gasteiger partial charge in [-0.3, -0.25) is 4.79 Å². The Morgan fingerprint density at radius 1 is 1.32 bits per heavy atom. The van der Waals surface area contributed by atoms with Crippen molar-refractivity contribution in [3.8, 4) is 0 Å². The van der Waals surface area contributed by atoms with Crippen molar-refractivity contribution in [1.29, 1.82) is 0 Å². The maximum absolute atomic E-state index is 12.2. The SMILES string of the molecule is CC(C)N1CCC(N(C)C(=O)CNC(C)(C)C)CC1. The summed E-state index contributed by atoms with van der Waals surface area (Å²) in [7, 11) is 1.95. The molecule has 1 aliphatic rings. The van der Waals surface area contributed by atoms with Gasteiger partial charge in [0.05, 0.1) is 6.54 Å². The zero-order chi connectivity index (χ0) is 14.6. The number of hydrogen-bond donors (Lipinski definition) is 1. The van der Waals surface area contributed by atoms with Crippen LogP contribution >= 0.6 is 0 Å². The molecule has 0 atom stereocenters. The first-order chi connectivity index (χ1) is 8.70. The third-order valence-electron chi connectivity index (χ3n) is 3.94. The molecule has 0 bridgehead atoms. The van der Waals surface area contributed by atoms with E-state index in [-0.39, 0.29) is 11.4 Å². The fourth-order valence-corrected chi connectivity index (χ4v) is 2.46. The first-order valence-electron chi connectivity index (χ1n) is 7.45. The quantitative estimate of drug-likeness (QED) is 0.844. The Labute approximate surface area is 118 Å². The lowest BCUT2D eigenvalue weighted by Crippen LogP contribution is -2.50. The van der Waals surface area contributed by atoms with Crippen LogP contribution in [0.2, 0.25) is 0 Å². The summed E-state index contributed by atoms with van der Waals surface area (Å²) < 4.78 is 0. The van der Waals surface area contributed by atoms with Gasteiger partial charge in [0, 0.05) is 37.8 Å². The van der Waals surface area contributed by atoms with Crippen LogP contribution in [0, 0.1) is 0 Å². The van der Waals surface area contributed by atoms with E-state index in [1.807, 2.05) is 11.9 Å². The molecule has 0 aliphatic carbocycles. The molecule has 112 valence electrons. The average Bonchev–Trinajstić information content (AvgIpc) is 2.34. The number of hydrogen-bond acceptors (Lipinski definition) is 3. The highest BCUT2D eigenvalue weighted by Crippen LogP contribution is 2.17. The number of carbonyl (C=O) groups is 1. The van der Waals surface area contributed by atoms with Crippen molar-refractivity contribution in [2.24, 2.45) is 0 Å². The monoisotopic (exact) mass is 269 g/mol. The van der Waals surface area contributed by atoms with Gasteiger partial charge in [-0.25, -0.2) is 0 Å². The van der Waals surface area contributed by atoms with Crippen LogP contribution < -0.4 is 5.32 Å². The van der Waals surface area contributed by atoms with Crippen LogP contribution in [0.5, 0.6) is 0 Å². The first-order valence-corrected chi connectivity index (χ1v) is 7.45. The molecule has 0 aromatic heterocycles. The lowest BCUT2D eigenvalue weighted by atomic mass is 10.0. The summed E-state index contributed by atoms with van der Waals surface area (Å²) in [5.41, 5.74) is -0.00247. The molecular weight excluding hydrogens is 238 g/mol. The maximum atomic E-state index is 12.2. The predicted octanol–water partition coefficient (Wildman–Crippen LogP) is 1.71.